The fraction of sp³-hybridized carbons (Fsp3) is 0.0526. The molecule has 0 aliphatic rings. The Labute approximate surface area is 176 Å². The van der Waals surface area contributed by atoms with E-state index < -0.39 is 15.9 Å². The molecular weight excluding hydrogens is 466 g/mol. The number of halogens is 2. The van der Waals surface area contributed by atoms with Gasteiger partial charge in [-0.1, -0.05) is 33.6 Å². The smallest absolute Gasteiger partial charge is 0.264 e. The van der Waals surface area contributed by atoms with Crippen LogP contribution in [0.2, 0.25) is 5.02 Å². The van der Waals surface area contributed by atoms with Crippen molar-refractivity contribution in [2.75, 3.05) is 16.7 Å². The number of amides is 1. The molecule has 28 heavy (non-hydrogen) atoms. The number of nitrogens with one attached hydrogen (secondary N) is 1. The number of nitrogens with zero attached hydrogens (tertiary/aromatic N) is 2. The van der Waals surface area contributed by atoms with Gasteiger partial charge in [-0.15, -0.1) is 0 Å². The minimum absolute atomic E-state index is 0.00892. The molecule has 0 fully saturated rings. The fourth-order valence-corrected chi connectivity index (χ4v) is 4.00. The van der Waals surface area contributed by atoms with Crippen molar-refractivity contribution in [3.05, 3.63) is 81.9 Å². The van der Waals surface area contributed by atoms with Crippen molar-refractivity contribution in [1.29, 1.82) is 0 Å². The average Bonchev–Trinajstić information content (AvgIpc) is 2.70. The van der Waals surface area contributed by atoms with E-state index in [1.165, 1.54) is 37.5 Å². The lowest BCUT2D eigenvalue weighted by molar-refractivity contribution is 0.102. The second-order valence-electron chi connectivity index (χ2n) is 5.79. The molecule has 0 unspecified atom stereocenters. The zero-order valence-electron chi connectivity index (χ0n) is 14.6. The number of hydrogen-bond donors (Lipinski definition) is 1. The molecule has 3 rings (SSSR count). The van der Waals surface area contributed by atoms with Crippen molar-refractivity contribution in [3.8, 4) is 0 Å². The van der Waals surface area contributed by atoms with Gasteiger partial charge in [0, 0.05) is 23.3 Å². The molecular formula is C19H15BrClN3O3S. The van der Waals surface area contributed by atoms with Crippen LogP contribution < -0.4 is 9.62 Å². The molecule has 0 aliphatic carbocycles. The van der Waals surface area contributed by atoms with E-state index in [1.54, 1.807) is 36.4 Å². The van der Waals surface area contributed by atoms with Crippen molar-refractivity contribution in [1.82, 2.24) is 4.98 Å². The summed E-state index contributed by atoms with van der Waals surface area (Å²) in [6.45, 7) is 0. The van der Waals surface area contributed by atoms with Crippen LogP contribution in [0.25, 0.3) is 0 Å². The lowest BCUT2D eigenvalue weighted by atomic mass is 10.2. The van der Waals surface area contributed by atoms with Gasteiger partial charge in [0.1, 0.15) is 5.82 Å². The summed E-state index contributed by atoms with van der Waals surface area (Å²) in [7, 11) is -2.37. The maximum Gasteiger partial charge on any atom is 0.264 e. The highest BCUT2D eigenvalue weighted by Crippen LogP contribution is 2.24. The van der Waals surface area contributed by atoms with Gasteiger partial charge in [0.05, 0.1) is 15.6 Å². The van der Waals surface area contributed by atoms with Gasteiger partial charge >= 0.3 is 0 Å². The van der Waals surface area contributed by atoms with E-state index in [4.69, 9.17) is 11.6 Å². The Kier molecular flexibility index (Phi) is 6.02. The van der Waals surface area contributed by atoms with Crippen LogP contribution >= 0.6 is 27.5 Å². The third-order valence-corrected chi connectivity index (χ3v) is 6.45. The first-order valence-electron chi connectivity index (χ1n) is 8.05. The number of carbonyl (C=O) groups is 1. The Morgan fingerprint density at radius 2 is 1.82 bits per heavy atom. The van der Waals surface area contributed by atoms with Crippen LogP contribution in [-0.2, 0) is 10.0 Å². The van der Waals surface area contributed by atoms with E-state index in [9.17, 15) is 13.2 Å². The Morgan fingerprint density at radius 1 is 1.11 bits per heavy atom. The van der Waals surface area contributed by atoms with Gasteiger partial charge in [0.25, 0.3) is 15.9 Å². The monoisotopic (exact) mass is 479 g/mol. The highest BCUT2D eigenvalue weighted by Gasteiger charge is 2.22. The third kappa shape index (κ3) is 4.52. The highest BCUT2D eigenvalue weighted by molar-refractivity contribution is 9.10. The number of carbonyl (C=O) groups excluding carboxylic acids is 1. The van der Waals surface area contributed by atoms with E-state index in [-0.39, 0.29) is 10.5 Å². The summed E-state index contributed by atoms with van der Waals surface area (Å²) in [4.78, 5) is 16.5. The number of aromatic nitrogens is 1. The molecule has 1 aromatic heterocycles. The Morgan fingerprint density at radius 3 is 2.46 bits per heavy atom. The zero-order chi connectivity index (χ0) is 20.3. The summed E-state index contributed by atoms with van der Waals surface area (Å²) in [6, 6.07) is 15.9. The first-order valence-corrected chi connectivity index (χ1v) is 10.7. The Balaban J connectivity index is 1.86. The maximum atomic E-state index is 12.9. The predicted octanol–water partition coefficient (Wildman–Crippen LogP) is 4.57. The first-order chi connectivity index (χ1) is 13.3. The minimum Gasteiger partial charge on any atom is -0.307 e. The average molecular weight is 481 g/mol. The van der Waals surface area contributed by atoms with Crippen molar-refractivity contribution < 1.29 is 13.2 Å². The standard InChI is InChI=1S/C19H15BrClN3O3S/c1-24(16-8-5-14(20)6-9-16)28(26,27)17-4-2-3-13(11-17)19(25)23-18-10-7-15(21)12-22-18/h2-12H,1H3,(H,22,23,25). The molecule has 1 amide bonds. The maximum absolute atomic E-state index is 12.9. The molecule has 1 heterocycles. The molecule has 2 aromatic carbocycles. The minimum atomic E-state index is -3.83. The summed E-state index contributed by atoms with van der Waals surface area (Å²) in [6.07, 6.45) is 1.41. The molecule has 3 aromatic rings. The summed E-state index contributed by atoms with van der Waals surface area (Å²) >= 11 is 9.10. The van der Waals surface area contributed by atoms with Crippen LogP contribution in [0, 0.1) is 0 Å². The zero-order valence-corrected chi connectivity index (χ0v) is 17.8. The van der Waals surface area contributed by atoms with E-state index in [2.05, 4.69) is 26.2 Å². The third-order valence-electron chi connectivity index (χ3n) is 3.91. The highest BCUT2D eigenvalue weighted by atomic mass is 79.9. The Bertz CT molecular complexity index is 1100. The van der Waals surface area contributed by atoms with Crippen molar-refractivity contribution >= 4 is 55.0 Å². The number of sulfonamides is 1. The molecule has 0 spiro atoms. The Hall–Kier alpha value is -2.42. The predicted molar refractivity (Wildman–Crippen MR) is 113 cm³/mol. The molecule has 144 valence electrons. The van der Waals surface area contributed by atoms with Crippen LogP contribution in [-0.4, -0.2) is 26.4 Å². The number of rotatable bonds is 5. The number of pyridine rings is 1. The van der Waals surface area contributed by atoms with Crippen LogP contribution in [0.15, 0.2) is 76.2 Å². The van der Waals surface area contributed by atoms with Gasteiger partial charge in [0.2, 0.25) is 0 Å². The quantitative estimate of drug-likeness (QED) is 0.580. The van der Waals surface area contributed by atoms with Crippen molar-refractivity contribution in [2.24, 2.45) is 0 Å². The van der Waals surface area contributed by atoms with Crippen LogP contribution in [0.4, 0.5) is 11.5 Å². The lowest BCUT2D eigenvalue weighted by Crippen LogP contribution is -2.26. The van der Waals surface area contributed by atoms with Gasteiger partial charge in [-0.25, -0.2) is 13.4 Å². The van der Waals surface area contributed by atoms with E-state index in [0.29, 0.717) is 16.5 Å². The van der Waals surface area contributed by atoms with Gasteiger partial charge in [0.15, 0.2) is 0 Å². The van der Waals surface area contributed by atoms with Crippen LogP contribution in [0.1, 0.15) is 10.4 Å². The normalized spacial score (nSPS) is 11.1. The van der Waals surface area contributed by atoms with E-state index >= 15 is 0 Å². The molecule has 9 heteroatoms. The summed E-state index contributed by atoms with van der Waals surface area (Å²) in [5.41, 5.74) is 0.699. The van der Waals surface area contributed by atoms with Crippen LogP contribution in [0.3, 0.4) is 0 Å². The van der Waals surface area contributed by atoms with Gasteiger partial charge in [-0.05, 0) is 54.6 Å². The molecule has 6 nitrogen and oxygen atoms in total. The van der Waals surface area contributed by atoms with Crippen molar-refractivity contribution in [2.45, 2.75) is 4.90 Å². The van der Waals surface area contributed by atoms with Gasteiger partial charge < -0.3 is 5.32 Å². The number of anilines is 2. The summed E-state index contributed by atoms with van der Waals surface area (Å²) in [5, 5.41) is 3.06. The molecule has 0 atom stereocenters. The summed E-state index contributed by atoms with van der Waals surface area (Å²) in [5.74, 6) is -0.159. The van der Waals surface area contributed by atoms with Crippen LogP contribution in [0.5, 0.6) is 0 Å². The topological polar surface area (TPSA) is 79.4 Å². The van der Waals surface area contributed by atoms with Crippen molar-refractivity contribution in [3.63, 3.8) is 0 Å². The summed E-state index contributed by atoms with van der Waals surface area (Å²) < 4.78 is 27.9. The molecule has 0 radical (unpaired) electrons. The second kappa shape index (κ2) is 8.30. The largest absolute Gasteiger partial charge is 0.307 e. The fourth-order valence-electron chi connectivity index (χ4n) is 2.38. The number of benzene rings is 2. The van der Waals surface area contributed by atoms with E-state index in [1.807, 2.05) is 0 Å². The molecule has 0 saturated heterocycles. The molecule has 0 saturated carbocycles. The molecule has 1 N–H and O–H groups in total. The first kappa shape index (κ1) is 20.3. The SMILES string of the molecule is CN(c1ccc(Br)cc1)S(=O)(=O)c1cccc(C(=O)Nc2ccc(Cl)cn2)c1. The molecule has 0 bridgehead atoms. The van der Waals surface area contributed by atoms with Gasteiger partial charge in [-0.3, -0.25) is 9.10 Å². The van der Waals surface area contributed by atoms with E-state index in [0.717, 1.165) is 8.78 Å². The number of hydrogen-bond acceptors (Lipinski definition) is 4. The second-order valence-corrected chi connectivity index (χ2v) is 9.11. The lowest BCUT2D eigenvalue weighted by Gasteiger charge is -2.20. The van der Waals surface area contributed by atoms with Gasteiger partial charge in [-0.2, -0.15) is 0 Å². The molecule has 0 aliphatic heterocycles.